The molecule has 0 aliphatic carbocycles. The van der Waals surface area contributed by atoms with Gasteiger partial charge in [-0.25, -0.2) is 4.79 Å². The zero-order valence-corrected chi connectivity index (χ0v) is 12.1. The van der Waals surface area contributed by atoms with Gasteiger partial charge in [-0.1, -0.05) is 0 Å². The Bertz CT molecular complexity index is 325. The Morgan fingerprint density at radius 2 is 2.05 bits per heavy atom. The molecule has 2 atom stereocenters. The van der Waals surface area contributed by atoms with E-state index in [1.165, 1.54) is 0 Å². The average molecular weight is 272 g/mol. The summed E-state index contributed by atoms with van der Waals surface area (Å²) < 4.78 is 10.1. The lowest BCUT2D eigenvalue weighted by Gasteiger charge is -2.24. The molecule has 1 aliphatic heterocycles. The summed E-state index contributed by atoms with van der Waals surface area (Å²) in [6, 6.07) is -0.189. The van der Waals surface area contributed by atoms with Gasteiger partial charge in [-0.15, -0.1) is 0 Å². The van der Waals surface area contributed by atoms with Crippen LogP contribution in [0.3, 0.4) is 0 Å². The normalized spacial score (nSPS) is 22.9. The average Bonchev–Trinajstić information content (AvgIpc) is 2.62. The maximum Gasteiger partial charge on any atom is 0.407 e. The molecule has 1 rings (SSSR count). The van der Waals surface area contributed by atoms with Crippen molar-refractivity contribution in [3.63, 3.8) is 0 Å². The van der Waals surface area contributed by atoms with E-state index in [9.17, 15) is 9.59 Å². The van der Waals surface area contributed by atoms with Crippen molar-refractivity contribution in [1.82, 2.24) is 10.6 Å². The van der Waals surface area contributed by atoms with Gasteiger partial charge in [0.2, 0.25) is 0 Å². The maximum absolute atomic E-state index is 11.7. The molecule has 0 saturated carbocycles. The van der Waals surface area contributed by atoms with Crippen LogP contribution in [0.25, 0.3) is 0 Å². The molecule has 6 heteroatoms. The van der Waals surface area contributed by atoms with E-state index in [4.69, 9.17) is 9.47 Å². The molecule has 2 N–H and O–H groups in total. The number of hydrogen-bond acceptors (Lipinski definition) is 5. The smallest absolute Gasteiger partial charge is 0.407 e. The van der Waals surface area contributed by atoms with E-state index >= 15 is 0 Å². The van der Waals surface area contributed by atoms with Crippen molar-refractivity contribution in [1.29, 1.82) is 0 Å². The highest BCUT2D eigenvalue weighted by Gasteiger charge is 2.31. The summed E-state index contributed by atoms with van der Waals surface area (Å²) in [4.78, 5) is 23.1. The van der Waals surface area contributed by atoms with Gasteiger partial charge in [0, 0.05) is 12.1 Å². The second-order valence-corrected chi connectivity index (χ2v) is 5.61. The van der Waals surface area contributed by atoms with Crippen molar-refractivity contribution in [2.75, 3.05) is 13.2 Å². The van der Waals surface area contributed by atoms with Gasteiger partial charge in [-0.2, -0.15) is 0 Å². The fourth-order valence-corrected chi connectivity index (χ4v) is 2.01. The Hall–Kier alpha value is -1.30. The number of alkyl carbamates (subject to hydrolysis) is 1. The molecule has 0 spiro atoms. The van der Waals surface area contributed by atoms with Gasteiger partial charge in [0.1, 0.15) is 5.60 Å². The van der Waals surface area contributed by atoms with Gasteiger partial charge < -0.3 is 20.1 Å². The van der Waals surface area contributed by atoms with Gasteiger partial charge >= 0.3 is 12.1 Å². The summed E-state index contributed by atoms with van der Waals surface area (Å²) in [5.41, 5.74) is -0.521. The van der Waals surface area contributed by atoms with E-state index in [0.29, 0.717) is 6.61 Å². The molecule has 1 saturated heterocycles. The maximum atomic E-state index is 11.7. The second-order valence-electron chi connectivity index (χ2n) is 5.61. The third kappa shape index (κ3) is 5.92. The van der Waals surface area contributed by atoms with Crippen molar-refractivity contribution in [2.45, 2.75) is 58.2 Å². The fraction of sp³-hybridized carbons (Fsp3) is 0.846. The first-order chi connectivity index (χ1) is 8.81. The van der Waals surface area contributed by atoms with Crippen LogP contribution in [-0.2, 0) is 14.3 Å². The van der Waals surface area contributed by atoms with Gasteiger partial charge in [0.25, 0.3) is 0 Å². The monoisotopic (exact) mass is 272 g/mol. The third-order valence-electron chi connectivity index (χ3n) is 2.74. The first-order valence-corrected chi connectivity index (χ1v) is 6.70. The van der Waals surface area contributed by atoms with Crippen molar-refractivity contribution in [2.24, 2.45) is 0 Å². The van der Waals surface area contributed by atoms with Gasteiger partial charge in [0.05, 0.1) is 13.0 Å². The molecule has 0 aromatic heterocycles. The van der Waals surface area contributed by atoms with Crippen LogP contribution < -0.4 is 10.6 Å². The molecule has 0 aromatic carbocycles. The van der Waals surface area contributed by atoms with Crippen LogP contribution in [0.15, 0.2) is 0 Å². The Morgan fingerprint density at radius 3 is 2.63 bits per heavy atom. The molecule has 1 fully saturated rings. The number of nitrogens with one attached hydrogen (secondary N) is 2. The van der Waals surface area contributed by atoms with E-state index in [1.807, 2.05) is 20.8 Å². The van der Waals surface area contributed by atoms with E-state index in [-0.39, 0.29) is 24.5 Å². The molecule has 0 unspecified atom stereocenters. The number of esters is 1. The standard InChI is InChI=1S/C13H24N2O4/c1-5-18-11(16)8-10-9(6-7-14-10)15-12(17)19-13(2,3)4/h9-10,14H,5-8H2,1-4H3,(H,15,17)/t9-,10-/m1/s1. The number of carbonyl (C=O) groups excluding carboxylic acids is 2. The molecule has 0 radical (unpaired) electrons. The highest BCUT2D eigenvalue weighted by molar-refractivity contribution is 5.71. The van der Waals surface area contributed by atoms with Gasteiger partial charge in [0.15, 0.2) is 0 Å². The lowest BCUT2D eigenvalue weighted by atomic mass is 10.1. The lowest BCUT2D eigenvalue weighted by Crippen LogP contribution is -2.46. The van der Waals surface area contributed by atoms with Crippen LogP contribution in [0.2, 0.25) is 0 Å². The summed E-state index contributed by atoms with van der Waals surface area (Å²) in [6.45, 7) is 8.36. The van der Waals surface area contributed by atoms with Crippen LogP contribution in [-0.4, -0.2) is 42.9 Å². The van der Waals surface area contributed by atoms with Gasteiger partial charge in [-0.05, 0) is 40.7 Å². The van der Waals surface area contributed by atoms with Crippen LogP contribution in [0, 0.1) is 0 Å². The second kappa shape index (κ2) is 6.75. The molecule has 1 amide bonds. The van der Waals surface area contributed by atoms with Crippen molar-refractivity contribution >= 4 is 12.1 Å². The molecule has 0 bridgehead atoms. The number of ether oxygens (including phenoxy) is 2. The van der Waals surface area contributed by atoms with E-state index in [1.54, 1.807) is 6.92 Å². The number of carbonyl (C=O) groups is 2. The summed E-state index contributed by atoms with van der Waals surface area (Å²) in [6.07, 6.45) is 0.590. The number of amides is 1. The Morgan fingerprint density at radius 1 is 1.37 bits per heavy atom. The fourth-order valence-electron chi connectivity index (χ4n) is 2.01. The Labute approximate surface area is 114 Å². The van der Waals surface area contributed by atoms with Crippen molar-refractivity contribution in [3.8, 4) is 0 Å². The van der Waals surface area contributed by atoms with Crippen molar-refractivity contribution < 1.29 is 19.1 Å². The van der Waals surface area contributed by atoms with E-state index < -0.39 is 11.7 Å². The predicted octanol–water partition coefficient (Wildman–Crippen LogP) is 1.19. The molecule has 110 valence electrons. The molecule has 1 aliphatic rings. The minimum Gasteiger partial charge on any atom is -0.466 e. The minimum absolute atomic E-state index is 0.0911. The largest absolute Gasteiger partial charge is 0.466 e. The van der Waals surface area contributed by atoms with Gasteiger partial charge in [-0.3, -0.25) is 4.79 Å². The van der Waals surface area contributed by atoms with Crippen molar-refractivity contribution in [3.05, 3.63) is 0 Å². The van der Waals surface area contributed by atoms with Crippen LogP contribution >= 0.6 is 0 Å². The highest BCUT2D eigenvalue weighted by Crippen LogP contribution is 2.13. The lowest BCUT2D eigenvalue weighted by molar-refractivity contribution is -0.143. The van der Waals surface area contributed by atoms with Crippen LogP contribution in [0.4, 0.5) is 4.79 Å². The zero-order valence-electron chi connectivity index (χ0n) is 12.1. The number of hydrogen-bond donors (Lipinski definition) is 2. The molecule has 19 heavy (non-hydrogen) atoms. The predicted molar refractivity (Wildman–Crippen MR) is 70.8 cm³/mol. The Kier molecular flexibility index (Phi) is 5.60. The summed E-state index contributed by atoms with van der Waals surface area (Å²) in [5, 5.41) is 5.99. The third-order valence-corrected chi connectivity index (χ3v) is 2.74. The van der Waals surface area contributed by atoms with Crippen LogP contribution in [0.1, 0.15) is 40.5 Å². The SMILES string of the molecule is CCOC(=O)C[C@H]1NCC[C@H]1NC(=O)OC(C)(C)C. The van der Waals surface area contributed by atoms with E-state index in [0.717, 1.165) is 13.0 Å². The first kappa shape index (κ1) is 15.8. The Balaban J connectivity index is 2.43. The first-order valence-electron chi connectivity index (χ1n) is 6.70. The molecule has 6 nitrogen and oxygen atoms in total. The quantitative estimate of drug-likeness (QED) is 0.752. The molecular weight excluding hydrogens is 248 g/mol. The molecule has 1 heterocycles. The summed E-state index contributed by atoms with van der Waals surface area (Å²) >= 11 is 0. The summed E-state index contributed by atoms with van der Waals surface area (Å²) in [7, 11) is 0. The molecular formula is C13H24N2O4. The topological polar surface area (TPSA) is 76.7 Å². The van der Waals surface area contributed by atoms with E-state index in [2.05, 4.69) is 10.6 Å². The molecule has 0 aromatic rings. The zero-order chi connectivity index (χ0) is 14.5. The van der Waals surface area contributed by atoms with Crippen LogP contribution in [0.5, 0.6) is 0 Å². The minimum atomic E-state index is -0.521. The highest BCUT2D eigenvalue weighted by atomic mass is 16.6. The number of rotatable bonds is 4. The summed E-state index contributed by atoms with van der Waals surface area (Å²) in [5.74, 6) is -0.252.